The summed E-state index contributed by atoms with van der Waals surface area (Å²) in [4.78, 5) is 16.6. The molecule has 0 fully saturated rings. The molecule has 5 heteroatoms. The molecule has 0 radical (unpaired) electrons. The van der Waals surface area contributed by atoms with Gasteiger partial charge in [-0.25, -0.2) is 4.98 Å². The maximum atomic E-state index is 12.4. The van der Waals surface area contributed by atoms with Crippen LogP contribution in [0.25, 0.3) is 5.65 Å². The van der Waals surface area contributed by atoms with Crippen LogP contribution < -0.4 is 5.32 Å². The fraction of sp³-hybridized carbons (Fsp3) is 0.562. The van der Waals surface area contributed by atoms with Gasteiger partial charge in [0.1, 0.15) is 5.82 Å². The lowest BCUT2D eigenvalue weighted by Crippen LogP contribution is -2.23. The van der Waals surface area contributed by atoms with Crippen LogP contribution in [0.4, 0.5) is 5.82 Å². The molecule has 5 nitrogen and oxygen atoms in total. The van der Waals surface area contributed by atoms with Crippen molar-refractivity contribution in [2.45, 2.75) is 52.4 Å². The monoisotopic (exact) mass is 288 g/mol. The largest absolute Gasteiger partial charge is 0.310 e. The predicted octanol–water partition coefficient (Wildman–Crippen LogP) is 3.66. The van der Waals surface area contributed by atoms with Gasteiger partial charge in [0, 0.05) is 18.2 Å². The van der Waals surface area contributed by atoms with Gasteiger partial charge in [-0.2, -0.15) is 9.61 Å². The van der Waals surface area contributed by atoms with Gasteiger partial charge in [0.05, 0.1) is 6.20 Å². The van der Waals surface area contributed by atoms with E-state index in [-0.39, 0.29) is 11.8 Å². The molecule has 0 aliphatic rings. The molecule has 0 saturated heterocycles. The summed E-state index contributed by atoms with van der Waals surface area (Å²) in [6.45, 7) is 4.27. The van der Waals surface area contributed by atoms with E-state index in [9.17, 15) is 4.79 Å². The molecular weight excluding hydrogens is 264 g/mol. The third-order valence-corrected chi connectivity index (χ3v) is 3.81. The molecule has 0 saturated carbocycles. The quantitative estimate of drug-likeness (QED) is 0.754. The second-order valence-corrected chi connectivity index (χ2v) is 5.38. The molecule has 0 bridgehead atoms. The van der Waals surface area contributed by atoms with E-state index in [1.165, 1.54) is 19.3 Å². The van der Waals surface area contributed by atoms with E-state index in [2.05, 4.69) is 29.2 Å². The summed E-state index contributed by atoms with van der Waals surface area (Å²) in [5, 5.41) is 7.17. The zero-order valence-corrected chi connectivity index (χ0v) is 12.9. The number of anilines is 1. The first-order valence-corrected chi connectivity index (χ1v) is 7.85. The highest BCUT2D eigenvalue weighted by Gasteiger charge is 2.17. The first kappa shape index (κ1) is 15.5. The SMILES string of the molecule is CCCCCCC(CC)C(=O)Nc1ccnc2ccnn12. The van der Waals surface area contributed by atoms with Crippen molar-refractivity contribution >= 4 is 17.4 Å². The van der Waals surface area contributed by atoms with Crippen LogP contribution in [0.3, 0.4) is 0 Å². The zero-order chi connectivity index (χ0) is 15.1. The third-order valence-electron chi connectivity index (χ3n) is 3.81. The molecule has 1 amide bonds. The van der Waals surface area contributed by atoms with Crippen LogP contribution in [0.15, 0.2) is 24.5 Å². The van der Waals surface area contributed by atoms with Gasteiger partial charge in [0.25, 0.3) is 0 Å². The predicted molar refractivity (Wildman–Crippen MR) is 84.2 cm³/mol. The van der Waals surface area contributed by atoms with Crippen LogP contribution >= 0.6 is 0 Å². The Labute approximate surface area is 125 Å². The van der Waals surface area contributed by atoms with Crippen molar-refractivity contribution < 1.29 is 4.79 Å². The van der Waals surface area contributed by atoms with Crippen molar-refractivity contribution in [3.05, 3.63) is 24.5 Å². The molecule has 0 aliphatic heterocycles. The highest BCUT2D eigenvalue weighted by Crippen LogP contribution is 2.17. The van der Waals surface area contributed by atoms with Crippen molar-refractivity contribution in [1.82, 2.24) is 14.6 Å². The number of hydrogen-bond donors (Lipinski definition) is 1. The number of rotatable bonds is 8. The lowest BCUT2D eigenvalue weighted by atomic mass is 9.97. The molecule has 0 aromatic carbocycles. The Bertz CT molecular complexity index is 578. The summed E-state index contributed by atoms with van der Waals surface area (Å²) in [6, 6.07) is 3.60. The molecular formula is C16H24N4O. The van der Waals surface area contributed by atoms with E-state index in [4.69, 9.17) is 0 Å². The molecule has 21 heavy (non-hydrogen) atoms. The number of carbonyl (C=O) groups is 1. The van der Waals surface area contributed by atoms with Gasteiger partial charge in [-0.15, -0.1) is 0 Å². The Kier molecular flexibility index (Phi) is 5.72. The van der Waals surface area contributed by atoms with Crippen molar-refractivity contribution in [2.24, 2.45) is 5.92 Å². The Morgan fingerprint density at radius 2 is 2.10 bits per heavy atom. The topological polar surface area (TPSA) is 59.3 Å². The lowest BCUT2D eigenvalue weighted by Gasteiger charge is -2.15. The van der Waals surface area contributed by atoms with E-state index >= 15 is 0 Å². The number of unbranched alkanes of at least 4 members (excludes halogenated alkanes) is 3. The Balaban J connectivity index is 1.97. The summed E-state index contributed by atoms with van der Waals surface area (Å²) in [6.07, 6.45) is 9.98. The summed E-state index contributed by atoms with van der Waals surface area (Å²) >= 11 is 0. The van der Waals surface area contributed by atoms with Crippen LogP contribution in [-0.2, 0) is 4.79 Å². The molecule has 2 aromatic rings. The minimum Gasteiger partial charge on any atom is -0.310 e. The average molecular weight is 288 g/mol. The molecule has 1 atom stereocenters. The van der Waals surface area contributed by atoms with E-state index in [1.54, 1.807) is 23.0 Å². The Morgan fingerprint density at radius 3 is 2.86 bits per heavy atom. The maximum Gasteiger partial charge on any atom is 0.228 e. The number of hydrogen-bond acceptors (Lipinski definition) is 3. The molecule has 1 N–H and O–H groups in total. The molecule has 2 rings (SSSR count). The van der Waals surface area contributed by atoms with E-state index in [0.29, 0.717) is 5.82 Å². The van der Waals surface area contributed by atoms with E-state index in [0.717, 1.165) is 24.9 Å². The molecule has 2 heterocycles. The summed E-state index contributed by atoms with van der Waals surface area (Å²) in [5.74, 6) is 0.833. The van der Waals surface area contributed by atoms with Gasteiger partial charge in [0.2, 0.25) is 5.91 Å². The molecule has 2 aromatic heterocycles. The van der Waals surface area contributed by atoms with Crippen molar-refractivity contribution in [3.8, 4) is 0 Å². The summed E-state index contributed by atoms with van der Waals surface area (Å²) < 4.78 is 1.65. The zero-order valence-electron chi connectivity index (χ0n) is 12.9. The van der Waals surface area contributed by atoms with Crippen molar-refractivity contribution in [3.63, 3.8) is 0 Å². The molecule has 1 unspecified atom stereocenters. The van der Waals surface area contributed by atoms with Crippen molar-refractivity contribution in [1.29, 1.82) is 0 Å². The highest BCUT2D eigenvalue weighted by atomic mass is 16.2. The molecule has 114 valence electrons. The standard InChI is InChI=1S/C16H24N4O/c1-3-5-6-7-8-13(4-2)16(21)19-15-9-11-17-14-10-12-18-20(14)15/h9-13H,3-8H2,1-2H3,(H,19,21). The van der Waals surface area contributed by atoms with Gasteiger partial charge in [0.15, 0.2) is 5.65 Å². The molecule has 0 aliphatic carbocycles. The van der Waals surface area contributed by atoms with Crippen LogP contribution in [0.1, 0.15) is 52.4 Å². The number of aromatic nitrogens is 3. The second kappa shape index (κ2) is 7.76. The minimum atomic E-state index is 0.0700. The maximum absolute atomic E-state index is 12.4. The van der Waals surface area contributed by atoms with Crippen molar-refractivity contribution in [2.75, 3.05) is 5.32 Å². The average Bonchev–Trinajstić information content (AvgIpc) is 2.97. The fourth-order valence-corrected chi connectivity index (χ4v) is 2.50. The fourth-order valence-electron chi connectivity index (χ4n) is 2.50. The van der Waals surface area contributed by atoms with E-state index < -0.39 is 0 Å². The number of nitrogens with zero attached hydrogens (tertiary/aromatic N) is 3. The van der Waals surface area contributed by atoms with Crippen LogP contribution in [0.2, 0.25) is 0 Å². The van der Waals surface area contributed by atoms with Crippen LogP contribution in [0.5, 0.6) is 0 Å². The lowest BCUT2D eigenvalue weighted by molar-refractivity contribution is -0.120. The highest BCUT2D eigenvalue weighted by molar-refractivity contribution is 5.91. The molecule has 0 spiro atoms. The summed E-state index contributed by atoms with van der Waals surface area (Å²) in [5.41, 5.74) is 0.740. The first-order valence-electron chi connectivity index (χ1n) is 7.85. The number of amides is 1. The van der Waals surface area contributed by atoms with Crippen LogP contribution in [-0.4, -0.2) is 20.5 Å². The van der Waals surface area contributed by atoms with Crippen LogP contribution in [0, 0.1) is 5.92 Å². The first-order chi connectivity index (χ1) is 10.3. The Morgan fingerprint density at radius 1 is 1.24 bits per heavy atom. The van der Waals surface area contributed by atoms with Gasteiger partial charge in [-0.1, -0.05) is 39.5 Å². The normalized spacial score (nSPS) is 12.5. The smallest absolute Gasteiger partial charge is 0.228 e. The number of fused-ring (bicyclic) bond motifs is 1. The van der Waals surface area contributed by atoms with Gasteiger partial charge < -0.3 is 5.32 Å². The minimum absolute atomic E-state index is 0.0700. The summed E-state index contributed by atoms with van der Waals surface area (Å²) in [7, 11) is 0. The Hall–Kier alpha value is -1.91. The second-order valence-electron chi connectivity index (χ2n) is 5.38. The van der Waals surface area contributed by atoms with E-state index in [1.807, 2.05) is 6.07 Å². The van der Waals surface area contributed by atoms with Gasteiger partial charge in [-0.3, -0.25) is 4.79 Å². The van der Waals surface area contributed by atoms with Gasteiger partial charge in [-0.05, 0) is 18.9 Å². The van der Waals surface area contributed by atoms with Gasteiger partial charge >= 0.3 is 0 Å². The number of nitrogens with one attached hydrogen (secondary N) is 1. The number of carbonyl (C=O) groups excluding carboxylic acids is 1. The third kappa shape index (κ3) is 4.03.